The van der Waals surface area contributed by atoms with E-state index in [2.05, 4.69) is 84.2 Å². The maximum Gasteiger partial charge on any atom is 0.0991 e. The number of hydrogen-bond donors (Lipinski definition) is 0. The van der Waals surface area contributed by atoms with Gasteiger partial charge in [-0.2, -0.15) is 5.26 Å². The number of nitriles is 1. The standard InChI is InChI=1S/C27H27BrN2/c1-16(2)27-25-12-20(7-6-18(25)8-9-30(27)3)22-14-23(22)21-11-19-5-4-17(15-29)10-24(19)26(28)13-21/h4-7,10-13,16,22-23,27H,8-9,14H2,1-3H3. The minimum absolute atomic E-state index is 0.523. The molecule has 152 valence electrons. The van der Waals surface area contributed by atoms with Gasteiger partial charge in [0, 0.05) is 17.1 Å². The molecule has 3 atom stereocenters. The Morgan fingerprint density at radius 1 is 1.03 bits per heavy atom. The van der Waals surface area contributed by atoms with E-state index in [1.807, 2.05) is 12.1 Å². The van der Waals surface area contributed by atoms with Gasteiger partial charge in [-0.05, 0) is 88.9 Å². The van der Waals surface area contributed by atoms with Gasteiger partial charge in [-0.25, -0.2) is 0 Å². The minimum Gasteiger partial charge on any atom is -0.299 e. The van der Waals surface area contributed by atoms with Crippen LogP contribution in [0.5, 0.6) is 0 Å². The highest BCUT2D eigenvalue weighted by Crippen LogP contribution is 2.56. The van der Waals surface area contributed by atoms with Crippen molar-refractivity contribution in [2.75, 3.05) is 13.6 Å². The maximum absolute atomic E-state index is 9.19. The predicted molar refractivity (Wildman–Crippen MR) is 127 cm³/mol. The first kappa shape index (κ1) is 19.8. The first-order chi connectivity index (χ1) is 14.5. The number of nitrogens with zero attached hydrogens (tertiary/aromatic N) is 2. The first-order valence-electron chi connectivity index (χ1n) is 10.9. The van der Waals surface area contributed by atoms with Crippen molar-refractivity contribution < 1.29 is 0 Å². The molecule has 0 bridgehead atoms. The molecule has 3 aromatic carbocycles. The Bertz CT molecular complexity index is 1170. The molecule has 1 fully saturated rings. The molecule has 30 heavy (non-hydrogen) atoms. The largest absolute Gasteiger partial charge is 0.299 e. The van der Waals surface area contributed by atoms with E-state index in [0.717, 1.165) is 22.8 Å². The highest BCUT2D eigenvalue weighted by atomic mass is 79.9. The number of hydrogen-bond acceptors (Lipinski definition) is 2. The first-order valence-corrected chi connectivity index (χ1v) is 11.7. The molecule has 1 aliphatic carbocycles. The molecule has 2 nitrogen and oxygen atoms in total. The van der Waals surface area contributed by atoms with Crippen LogP contribution in [-0.4, -0.2) is 18.5 Å². The number of rotatable bonds is 3. The van der Waals surface area contributed by atoms with Gasteiger partial charge in [0.25, 0.3) is 0 Å². The molecule has 0 radical (unpaired) electrons. The summed E-state index contributed by atoms with van der Waals surface area (Å²) < 4.78 is 1.09. The Morgan fingerprint density at radius 2 is 1.83 bits per heavy atom. The number of fused-ring (bicyclic) bond motifs is 2. The van der Waals surface area contributed by atoms with E-state index >= 15 is 0 Å². The van der Waals surface area contributed by atoms with Gasteiger partial charge in [-0.1, -0.05) is 60.1 Å². The lowest BCUT2D eigenvalue weighted by Gasteiger charge is -2.37. The molecule has 0 saturated heterocycles. The summed E-state index contributed by atoms with van der Waals surface area (Å²) in [6.07, 6.45) is 2.38. The average molecular weight is 459 g/mol. The molecular weight excluding hydrogens is 432 g/mol. The minimum atomic E-state index is 0.523. The van der Waals surface area contributed by atoms with E-state index in [-0.39, 0.29) is 0 Å². The smallest absolute Gasteiger partial charge is 0.0991 e. The summed E-state index contributed by atoms with van der Waals surface area (Å²) >= 11 is 3.75. The van der Waals surface area contributed by atoms with E-state index in [1.54, 1.807) is 5.56 Å². The lowest BCUT2D eigenvalue weighted by atomic mass is 9.85. The third-order valence-electron chi connectivity index (χ3n) is 7.03. The van der Waals surface area contributed by atoms with Gasteiger partial charge in [0.05, 0.1) is 11.6 Å². The van der Waals surface area contributed by atoms with Crippen LogP contribution < -0.4 is 0 Å². The third-order valence-corrected chi connectivity index (χ3v) is 7.69. The molecule has 0 N–H and O–H groups in total. The van der Waals surface area contributed by atoms with Crippen molar-refractivity contribution in [1.82, 2.24) is 4.90 Å². The van der Waals surface area contributed by atoms with E-state index in [4.69, 9.17) is 0 Å². The molecule has 2 aliphatic rings. The topological polar surface area (TPSA) is 27.0 Å². The summed E-state index contributed by atoms with van der Waals surface area (Å²) in [6, 6.07) is 20.6. The van der Waals surface area contributed by atoms with Crippen molar-refractivity contribution in [2.45, 2.75) is 44.6 Å². The fourth-order valence-corrected chi connectivity index (χ4v) is 6.05. The normalized spacial score (nSPS) is 23.4. The van der Waals surface area contributed by atoms with Crippen LogP contribution in [0.25, 0.3) is 10.8 Å². The van der Waals surface area contributed by atoms with Crippen molar-refractivity contribution in [2.24, 2.45) is 5.92 Å². The summed E-state index contributed by atoms with van der Waals surface area (Å²) in [5.74, 6) is 1.81. The zero-order chi connectivity index (χ0) is 21.0. The predicted octanol–water partition coefficient (Wildman–Crippen LogP) is 6.93. The second-order valence-corrected chi connectivity index (χ2v) is 10.2. The van der Waals surface area contributed by atoms with Gasteiger partial charge < -0.3 is 0 Å². The Labute approximate surface area is 187 Å². The van der Waals surface area contributed by atoms with Crippen LogP contribution in [0.15, 0.2) is 53.0 Å². The van der Waals surface area contributed by atoms with Crippen LogP contribution in [0.2, 0.25) is 0 Å². The molecule has 1 aliphatic heterocycles. The third kappa shape index (κ3) is 3.37. The Kier molecular flexibility index (Phi) is 4.96. The van der Waals surface area contributed by atoms with Crippen LogP contribution in [0.4, 0.5) is 0 Å². The molecule has 0 amide bonds. The Balaban J connectivity index is 1.46. The van der Waals surface area contributed by atoms with E-state index < -0.39 is 0 Å². The van der Waals surface area contributed by atoms with Crippen LogP contribution >= 0.6 is 15.9 Å². The molecule has 0 aromatic heterocycles. The van der Waals surface area contributed by atoms with Crippen LogP contribution in [-0.2, 0) is 6.42 Å². The van der Waals surface area contributed by atoms with Crippen LogP contribution in [0.1, 0.15) is 66.0 Å². The van der Waals surface area contributed by atoms with Crippen molar-refractivity contribution in [3.05, 3.63) is 80.8 Å². The maximum atomic E-state index is 9.19. The lowest BCUT2D eigenvalue weighted by Crippen LogP contribution is -2.35. The molecule has 3 unspecified atom stereocenters. The molecule has 3 heteroatoms. The zero-order valence-corrected chi connectivity index (χ0v) is 19.4. The average Bonchev–Trinajstić information content (AvgIpc) is 3.53. The second kappa shape index (κ2) is 7.52. The van der Waals surface area contributed by atoms with Gasteiger partial charge in [-0.15, -0.1) is 0 Å². The molecule has 0 spiro atoms. The molecule has 5 rings (SSSR count). The highest BCUT2D eigenvalue weighted by Gasteiger charge is 2.40. The summed E-state index contributed by atoms with van der Waals surface area (Å²) in [4.78, 5) is 2.52. The van der Waals surface area contributed by atoms with Crippen molar-refractivity contribution >= 4 is 26.7 Å². The zero-order valence-electron chi connectivity index (χ0n) is 17.8. The summed E-state index contributed by atoms with van der Waals surface area (Å²) in [6.45, 7) is 5.83. The lowest BCUT2D eigenvalue weighted by molar-refractivity contribution is 0.181. The van der Waals surface area contributed by atoms with E-state index in [0.29, 0.717) is 29.4 Å². The van der Waals surface area contributed by atoms with Crippen molar-refractivity contribution in [3.63, 3.8) is 0 Å². The molecular formula is C27H27BrN2. The van der Waals surface area contributed by atoms with E-state index in [9.17, 15) is 5.26 Å². The Morgan fingerprint density at radius 3 is 2.60 bits per heavy atom. The van der Waals surface area contributed by atoms with Gasteiger partial charge in [0.1, 0.15) is 0 Å². The summed E-state index contributed by atoms with van der Waals surface area (Å²) in [5.41, 5.74) is 6.69. The second-order valence-electron chi connectivity index (χ2n) is 9.38. The summed E-state index contributed by atoms with van der Waals surface area (Å²) in [7, 11) is 2.27. The molecule has 3 aromatic rings. The molecule has 1 saturated carbocycles. The number of benzene rings is 3. The fourth-order valence-electron chi connectivity index (χ4n) is 5.44. The van der Waals surface area contributed by atoms with Gasteiger partial charge in [0.2, 0.25) is 0 Å². The Hall–Kier alpha value is -2.15. The highest BCUT2D eigenvalue weighted by molar-refractivity contribution is 9.10. The quantitative estimate of drug-likeness (QED) is 0.425. The van der Waals surface area contributed by atoms with Crippen LogP contribution in [0, 0.1) is 17.2 Å². The van der Waals surface area contributed by atoms with Crippen molar-refractivity contribution in [1.29, 1.82) is 5.26 Å². The monoisotopic (exact) mass is 458 g/mol. The van der Waals surface area contributed by atoms with Gasteiger partial charge in [0.15, 0.2) is 0 Å². The SMILES string of the molecule is CC(C)C1c2cc(C3CC3c3cc(Br)c4cc(C#N)ccc4c3)ccc2CCN1C. The number of likely N-dealkylation sites (N-methyl/N-ethyl adjacent to an activating group) is 1. The van der Waals surface area contributed by atoms with Gasteiger partial charge >= 0.3 is 0 Å². The van der Waals surface area contributed by atoms with Crippen LogP contribution in [0.3, 0.4) is 0 Å². The summed E-state index contributed by atoms with van der Waals surface area (Å²) in [5, 5.41) is 11.5. The van der Waals surface area contributed by atoms with Crippen molar-refractivity contribution in [3.8, 4) is 6.07 Å². The fraction of sp³-hybridized carbons (Fsp3) is 0.370. The number of halogens is 1. The molecule has 1 heterocycles. The van der Waals surface area contributed by atoms with E-state index in [1.165, 1.54) is 28.5 Å². The van der Waals surface area contributed by atoms with Gasteiger partial charge in [-0.3, -0.25) is 4.90 Å².